The number of nitrogens with zero attached hydrogens (tertiary/aromatic N) is 6. The van der Waals surface area contributed by atoms with Crippen LogP contribution < -0.4 is 20.3 Å². The van der Waals surface area contributed by atoms with Gasteiger partial charge in [0.2, 0.25) is 5.95 Å². The van der Waals surface area contributed by atoms with Crippen molar-refractivity contribution in [2.45, 2.75) is 25.6 Å². The highest BCUT2D eigenvalue weighted by Gasteiger charge is 2.37. The van der Waals surface area contributed by atoms with Gasteiger partial charge < -0.3 is 25.4 Å². The molecule has 2 aliphatic rings. The largest absolute Gasteiger partial charge is 0.495 e. The zero-order chi connectivity index (χ0) is 22.9. The molecule has 1 atom stereocenters. The summed E-state index contributed by atoms with van der Waals surface area (Å²) in [5.74, 6) is 1.73. The third-order valence-electron chi connectivity index (χ3n) is 5.98. The average Bonchev–Trinajstić information content (AvgIpc) is 3.28. The lowest BCUT2D eigenvalue weighted by atomic mass is 9.95. The van der Waals surface area contributed by atoms with E-state index in [2.05, 4.69) is 25.7 Å². The molecule has 4 heterocycles. The van der Waals surface area contributed by atoms with Gasteiger partial charge in [-0.15, -0.1) is 0 Å². The normalized spacial score (nSPS) is 17.3. The van der Waals surface area contributed by atoms with Gasteiger partial charge in [-0.3, -0.25) is 9.58 Å². The number of para-hydroxylation sites is 1. The average molecular weight is 451 g/mol. The second kappa shape index (κ2) is 8.58. The molecule has 0 fully saturated rings. The fraction of sp³-hybridized carbons (Fsp3) is 0.364. The number of anilines is 4. The van der Waals surface area contributed by atoms with Crippen LogP contribution in [0, 0.1) is 0 Å². The van der Waals surface area contributed by atoms with Gasteiger partial charge in [-0.25, -0.2) is 9.78 Å². The third-order valence-corrected chi connectivity index (χ3v) is 5.98. The summed E-state index contributed by atoms with van der Waals surface area (Å²) >= 11 is 0. The number of methoxy groups -OCH3 is 1. The number of rotatable bonds is 6. The van der Waals surface area contributed by atoms with Crippen LogP contribution in [-0.2, 0) is 13.1 Å². The standard InChI is InChI=1S/C22H26N8O3/c1-28-20-14(10-24-21(27-20)26-15-11-25-29(13-15)8-9-31)12-30(22(28)32)17-6-7-23-19-16(17)4-3-5-18(19)33-2/h3-5,10-11,13,17,23,31H,6-9,12H2,1-2H3,(H,24,26,27)/t17-/m0/s1. The summed E-state index contributed by atoms with van der Waals surface area (Å²) in [4.78, 5) is 25.9. The molecule has 11 nitrogen and oxygen atoms in total. The summed E-state index contributed by atoms with van der Waals surface area (Å²) in [7, 11) is 3.38. The highest BCUT2D eigenvalue weighted by molar-refractivity contribution is 5.93. The van der Waals surface area contributed by atoms with E-state index in [-0.39, 0.29) is 18.7 Å². The molecule has 3 aromatic rings. The fourth-order valence-corrected chi connectivity index (χ4v) is 4.42. The molecule has 0 saturated heterocycles. The van der Waals surface area contributed by atoms with Crippen LogP contribution in [-0.4, -0.2) is 63.1 Å². The Kier molecular flexibility index (Phi) is 5.47. The number of aliphatic hydroxyl groups excluding tert-OH is 1. The number of ether oxygens (including phenoxy) is 1. The van der Waals surface area contributed by atoms with Crippen LogP contribution >= 0.6 is 0 Å². The first-order valence-electron chi connectivity index (χ1n) is 10.8. The Morgan fingerprint density at radius 1 is 1.33 bits per heavy atom. The number of fused-ring (bicyclic) bond motifs is 2. The van der Waals surface area contributed by atoms with Gasteiger partial charge in [-0.1, -0.05) is 12.1 Å². The van der Waals surface area contributed by atoms with E-state index in [9.17, 15) is 4.79 Å². The van der Waals surface area contributed by atoms with Crippen molar-refractivity contribution >= 4 is 29.2 Å². The lowest BCUT2D eigenvalue weighted by Crippen LogP contribution is -2.48. The molecule has 0 radical (unpaired) electrons. The van der Waals surface area contributed by atoms with Gasteiger partial charge in [-0.2, -0.15) is 10.1 Å². The van der Waals surface area contributed by atoms with E-state index in [0.29, 0.717) is 30.5 Å². The van der Waals surface area contributed by atoms with E-state index < -0.39 is 0 Å². The van der Waals surface area contributed by atoms with Gasteiger partial charge >= 0.3 is 6.03 Å². The molecular formula is C22H26N8O3. The van der Waals surface area contributed by atoms with Crippen molar-refractivity contribution in [3.8, 4) is 5.75 Å². The number of carbonyl (C=O) groups excluding carboxylic acids is 1. The Bertz CT molecular complexity index is 1180. The Morgan fingerprint density at radius 2 is 2.21 bits per heavy atom. The number of urea groups is 1. The van der Waals surface area contributed by atoms with Crippen molar-refractivity contribution in [2.75, 3.05) is 42.8 Å². The molecule has 2 amide bonds. The Balaban J connectivity index is 1.40. The van der Waals surface area contributed by atoms with E-state index >= 15 is 0 Å². The van der Waals surface area contributed by atoms with E-state index in [4.69, 9.17) is 9.84 Å². The van der Waals surface area contributed by atoms with E-state index in [1.165, 1.54) is 0 Å². The Hall–Kier alpha value is -3.86. The van der Waals surface area contributed by atoms with Crippen LogP contribution in [0.5, 0.6) is 5.75 Å². The van der Waals surface area contributed by atoms with Crippen molar-refractivity contribution in [2.24, 2.45) is 0 Å². The summed E-state index contributed by atoms with van der Waals surface area (Å²) in [6.07, 6.45) is 5.95. The maximum atomic E-state index is 13.4. The van der Waals surface area contributed by atoms with Crippen LogP contribution in [0.4, 0.5) is 27.9 Å². The highest BCUT2D eigenvalue weighted by Crippen LogP contribution is 2.42. The first kappa shape index (κ1) is 21.0. The molecular weight excluding hydrogens is 424 g/mol. The number of hydrogen-bond donors (Lipinski definition) is 3. The molecule has 0 bridgehead atoms. The maximum Gasteiger partial charge on any atom is 0.326 e. The molecule has 3 N–H and O–H groups in total. The minimum absolute atomic E-state index is 0.00812. The number of aliphatic hydroxyl groups is 1. The van der Waals surface area contributed by atoms with Crippen molar-refractivity contribution in [1.82, 2.24) is 24.6 Å². The number of amides is 2. The number of hydrogen-bond acceptors (Lipinski definition) is 8. The van der Waals surface area contributed by atoms with Crippen LogP contribution in [0.1, 0.15) is 23.6 Å². The van der Waals surface area contributed by atoms with Crippen molar-refractivity contribution in [3.63, 3.8) is 0 Å². The van der Waals surface area contributed by atoms with Gasteiger partial charge in [0.05, 0.1) is 50.4 Å². The fourth-order valence-electron chi connectivity index (χ4n) is 4.42. The maximum absolute atomic E-state index is 13.4. The summed E-state index contributed by atoms with van der Waals surface area (Å²) in [6.45, 7) is 1.59. The third kappa shape index (κ3) is 3.80. The SMILES string of the molecule is COc1cccc2c1NCC[C@@H]2N1Cc2cnc(Nc3cnn(CCO)c3)nc2N(C)C1=O. The molecule has 0 aliphatic carbocycles. The second-order valence-electron chi connectivity index (χ2n) is 8.01. The Morgan fingerprint density at radius 3 is 3.03 bits per heavy atom. The summed E-state index contributed by atoms with van der Waals surface area (Å²) in [5, 5.41) is 19.7. The summed E-state index contributed by atoms with van der Waals surface area (Å²) in [6, 6.07) is 5.73. The van der Waals surface area contributed by atoms with E-state index in [1.807, 2.05) is 23.1 Å². The molecule has 0 spiro atoms. The molecule has 11 heteroatoms. The van der Waals surface area contributed by atoms with Crippen molar-refractivity contribution < 1.29 is 14.6 Å². The molecule has 0 saturated carbocycles. The number of benzene rings is 1. The second-order valence-corrected chi connectivity index (χ2v) is 8.01. The van der Waals surface area contributed by atoms with Crippen LogP contribution in [0.25, 0.3) is 0 Å². The van der Waals surface area contributed by atoms with Crippen molar-refractivity contribution in [1.29, 1.82) is 0 Å². The zero-order valence-electron chi connectivity index (χ0n) is 18.5. The monoisotopic (exact) mass is 450 g/mol. The molecule has 172 valence electrons. The molecule has 1 aromatic carbocycles. The summed E-state index contributed by atoms with van der Waals surface area (Å²) < 4.78 is 7.13. The van der Waals surface area contributed by atoms with Crippen LogP contribution in [0.3, 0.4) is 0 Å². The minimum Gasteiger partial charge on any atom is -0.495 e. The molecule has 5 rings (SSSR count). The molecule has 0 unspecified atom stereocenters. The summed E-state index contributed by atoms with van der Waals surface area (Å²) in [5.41, 5.74) is 3.57. The van der Waals surface area contributed by atoms with E-state index in [1.54, 1.807) is 42.3 Å². The lowest BCUT2D eigenvalue weighted by molar-refractivity contribution is 0.169. The number of nitrogens with one attached hydrogen (secondary N) is 2. The van der Waals surface area contributed by atoms with Crippen LogP contribution in [0.2, 0.25) is 0 Å². The van der Waals surface area contributed by atoms with Gasteiger partial charge in [-0.05, 0) is 12.5 Å². The molecule has 33 heavy (non-hydrogen) atoms. The lowest BCUT2D eigenvalue weighted by Gasteiger charge is -2.41. The highest BCUT2D eigenvalue weighted by atomic mass is 16.5. The zero-order valence-corrected chi connectivity index (χ0v) is 18.5. The Labute approximate surface area is 191 Å². The van der Waals surface area contributed by atoms with Crippen molar-refractivity contribution in [3.05, 3.63) is 47.9 Å². The molecule has 2 aromatic heterocycles. The van der Waals surface area contributed by atoms with Gasteiger partial charge in [0, 0.05) is 37.1 Å². The number of aromatic nitrogens is 4. The quantitative estimate of drug-likeness (QED) is 0.523. The first-order chi connectivity index (χ1) is 16.1. The minimum atomic E-state index is -0.108. The van der Waals surface area contributed by atoms with Crippen LogP contribution in [0.15, 0.2) is 36.8 Å². The molecule has 2 aliphatic heterocycles. The van der Waals surface area contributed by atoms with Gasteiger partial charge in [0.1, 0.15) is 11.6 Å². The topological polar surface area (TPSA) is 121 Å². The van der Waals surface area contributed by atoms with E-state index in [0.717, 1.165) is 35.5 Å². The smallest absolute Gasteiger partial charge is 0.326 e. The van der Waals surface area contributed by atoms with Gasteiger partial charge in [0.15, 0.2) is 0 Å². The predicted octanol–water partition coefficient (Wildman–Crippen LogP) is 2.35. The van der Waals surface area contributed by atoms with Gasteiger partial charge in [0.25, 0.3) is 0 Å². The predicted molar refractivity (Wildman–Crippen MR) is 123 cm³/mol. The first-order valence-corrected chi connectivity index (χ1v) is 10.8. The number of carbonyl (C=O) groups is 1.